The van der Waals surface area contributed by atoms with E-state index in [1.807, 2.05) is 68.4 Å². The van der Waals surface area contributed by atoms with Crippen molar-refractivity contribution in [2.24, 2.45) is 11.8 Å². The maximum atomic E-state index is 14.8. The molecule has 9 heteroatoms. The zero-order valence-electron chi connectivity index (χ0n) is 27.8. The van der Waals surface area contributed by atoms with E-state index in [1.165, 1.54) is 0 Å². The van der Waals surface area contributed by atoms with E-state index in [4.69, 9.17) is 9.47 Å². The topological polar surface area (TPSA) is 99.6 Å². The fourth-order valence-corrected chi connectivity index (χ4v) is 8.06. The second-order valence-electron chi connectivity index (χ2n) is 12.8. The lowest BCUT2D eigenvalue weighted by Crippen LogP contribution is -2.56. The Hall–Kier alpha value is -3.95. The van der Waals surface area contributed by atoms with Crippen LogP contribution in [0.4, 0.5) is 5.69 Å². The highest BCUT2D eigenvalue weighted by molar-refractivity contribution is 6.03. The van der Waals surface area contributed by atoms with Gasteiger partial charge in [0, 0.05) is 38.5 Å². The summed E-state index contributed by atoms with van der Waals surface area (Å²) in [5.41, 5.74) is -0.344. The molecule has 252 valence electrons. The molecule has 3 saturated heterocycles. The van der Waals surface area contributed by atoms with E-state index in [1.54, 1.807) is 26.9 Å². The van der Waals surface area contributed by atoms with Gasteiger partial charge in [-0.15, -0.1) is 13.2 Å². The Morgan fingerprint density at radius 3 is 2.36 bits per heavy atom. The van der Waals surface area contributed by atoms with Gasteiger partial charge in [0.25, 0.3) is 0 Å². The van der Waals surface area contributed by atoms with Crippen LogP contribution in [0, 0.1) is 11.8 Å². The minimum Gasteiger partial charge on any atom is -0.494 e. The predicted octanol–water partition coefficient (Wildman–Crippen LogP) is 5.14. The summed E-state index contributed by atoms with van der Waals surface area (Å²) in [5.74, 6) is -1.45. The maximum Gasteiger partial charge on any atom is 0.248 e. The summed E-state index contributed by atoms with van der Waals surface area (Å²) in [4.78, 5) is 49.4. The van der Waals surface area contributed by atoms with Crippen molar-refractivity contribution < 1.29 is 29.0 Å². The molecule has 3 amide bonds. The number of aliphatic hydroxyl groups excluding tert-OH is 1. The van der Waals surface area contributed by atoms with Crippen LogP contribution in [-0.2, 0) is 25.7 Å². The minimum absolute atomic E-state index is 0.0659. The van der Waals surface area contributed by atoms with Gasteiger partial charge in [0.15, 0.2) is 0 Å². The third-order valence-corrected chi connectivity index (χ3v) is 10.2. The normalized spacial score (nSPS) is 25.8. The zero-order chi connectivity index (χ0) is 33.6. The van der Waals surface area contributed by atoms with Crippen LogP contribution in [0.1, 0.15) is 57.9 Å². The molecule has 2 bridgehead atoms. The summed E-state index contributed by atoms with van der Waals surface area (Å²) >= 11 is 0. The molecule has 2 aromatic carbocycles. The summed E-state index contributed by atoms with van der Waals surface area (Å²) in [7, 11) is 0. The largest absolute Gasteiger partial charge is 0.494 e. The number of nitrogens with zero attached hydrogens (tertiary/aromatic N) is 3. The molecule has 3 aliphatic heterocycles. The lowest BCUT2D eigenvalue weighted by Gasteiger charge is -2.37. The van der Waals surface area contributed by atoms with Crippen LogP contribution in [0.2, 0.25) is 0 Å². The predicted molar refractivity (Wildman–Crippen MR) is 182 cm³/mol. The molecule has 0 radical (unpaired) electrons. The van der Waals surface area contributed by atoms with Crippen molar-refractivity contribution in [3.63, 3.8) is 0 Å². The third-order valence-electron chi connectivity index (χ3n) is 10.2. The van der Waals surface area contributed by atoms with Crippen LogP contribution >= 0.6 is 0 Å². The first-order chi connectivity index (χ1) is 22.8. The van der Waals surface area contributed by atoms with Gasteiger partial charge in [-0.25, -0.2) is 0 Å². The number of aliphatic hydroxyl groups is 1. The highest BCUT2D eigenvalue weighted by Crippen LogP contribution is 2.64. The minimum atomic E-state index is -1.13. The third kappa shape index (κ3) is 6.35. The molecule has 0 aliphatic carbocycles. The van der Waals surface area contributed by atoms with Gasteiger partial charge in [-0.2, -0.15) is 0 Å². The number of likely N-dealkylation sites (tertiary alicyclic amines) is 1. The molecule has 0 saturated carbocycles. The number of anilines is 1. The van der Waals surface area contributed by atoms with Crippen molar-refractivity contribution in [2.45, 2.75) is 76.2 Å². The number of amides is 3. The number of carbonyl (C=O) groups is 3. The fourth-order valence-electron chi connectivity index (χ4n) is 8.06. The molecular weight excluding hydrogens is 594 g/mol. The first-order valence-corrected chi connectivity index (χ1v) is 17.0. The second-order valence-corrected chi connectivity index (χ2v) is 12.8. The highest BCUT2D eigenvalue weighted by Gasteiger charge is 2.79. The number of hydrogen-bond acceptors (Lipinski definition) is 6. The van der Waals surface area contributed by atoms with Crippen LogP contribution in [0.15, 0.2) is 79.9 Å². The number of rotatable bonds is 17. The number of benzene rings is 2. The monoisotopic (exact) mass is 643 g/mol. The Balaban J connectivity index is 1.54. The summed E-state index contributed by atoms with van der Waals surface area (Å²) < 4.78 is 12.7. The van der Waals surface area contributed by atoms with Gasteiger partial charge < -0.3 is 29.3 Å². The van der Waals surface area contributed by atoms with E-state index >= 15 is 0 Å². The number of ether oxygens (including phenoxy) is 2. The molecule has 47 heavy (non-hydrogen) atoms. The molecule has 5 rings (SSSR count). The smallest absolute Gasteiger partial charge is 0.248 e. The number of fused-ring (bicyclic) bond motifs is 1. The molecule has 3 aliphatic rings. The average Bonchev–Trinajstić information content (AvgIpc) is 3.69. The highest BCUT2D eigenvalue weighted by atomic mass is 16.5. The van der Waals surface area contributed by atoms with Crippen LogP contribution in [0.25, 0.3) is 0 Å². The molecule has 2 aromatic rings. The molecule has 5 atom stereocenters. The number of carbonyl (C=O) groups excluding carboxylic acids is 3. The SMILES string of the molecule is C=CCN(Cc1ccccc1)C(=O)C1N(CCCCCO)C(=O)[C@@H]2[C@@H](C(=O)N(CC=C)c3ccc(OCC)cc3)[C@@]3(CC)CCC12O3. The Labute approximate surface area is 278 Å². The molecule has 0 aromatic heterocycles. The first kappa shape index (κ1) is 34.4. The quantitative estimate of drug-likeness (QED) is 0.190. The van der Waals surface area contributed by atoms with Crippen molar-refractivity contribution >= 4 is 23.4 Å². The number of hydrogen-bond donors (Lipinski definition) is 1. The summed E-state index contributed by atoms with van der Waals surface area (Å²) in [6, 6.07) is 16.3. The van der Waals surface area contributed by atoms with Crippen molar-refractivity contribution in [2.75, 3.05) is 37.7 Å². The Morgan fingerprint density at radius 1 is 1.00 bits per heavy atom. The van der Waals surface area contributed by atoms with Gasteiger partial charge in [-0.3, -0.25) is 14.4 Å². The number of unbranched alkanes of at least 4 members (excludes halogenated alkanes) is 2. The van der Waals surface area contributed by atoms with Crippen LogP contribution in [0.5, 0.6) is 5.75 Å². The molecule has 3 fully saturated rings. The Bertz CT molecular complexity index is 1430. The van der Waals surface area contributed by atoms with E-state index in [-0.39, 0.29) is 30.9 Å². The summed E-state index contributed by atoms with van der Waals surface area (Å²) in [6.07, 6.45) is 6.98. The van der Waals surface area contributed by atoms with E-state index < -0.39 is 29.1 Å². The van der Waals surface area contributed by atoms with Gasteiger partial charge >= 0.3 is 0 Å². The van der Waals surface area contributed by atoms with E-state index in [0.717, 1.165) is 5.56 Å². The lowest BCUT2D eigenvalue weighted by atomic mass is 9.64. The van der Waals surface area contributed by atoms with Crippen LogP contribution in [0.3, 0.4) is 0 Å². The van der Waals surface area contributed by atoms with Crippen LogP contribution in [-0.4, -0.2) is 82.7 Å². The molecule has 2 unspecified atom stereocenters. The zero-order valence-corrected chi connectivity index (χ0v) is 27.8. The van der Waals surface area contributed by atoms with Crippen molar-refractivity contribution in [1.82, 2.24) is 9.80 Å². The summed E-state index contributed by atoms with van der Waals surface area (Å²) in [6.45, 7) is 13.6. The molecule has 1 spiro atoms. The van der Waals surface area contributed by atoms with Gasteiger partial charge in [0.05, 0.1) is 24.0 Å². The van der Waals surface area contributed by atoms with E-state index in [0.29, 0.717) is 76.2 Å². The van der Waals surface area contributed by atoms with Gasteiger partial charge in [0.2, 0.25) is 17.7 Å². The van der Waals surface area contributed by atoms with Gasteiger partial charge in [0.1, 0.15) is 17.4 Å². The average molecular weight is 644 g/mol. The molecular formula is C38H49N3O6. The molecule has 9 nitrogen and oxygen atoms in total. The second kappa shape index (κ2) is 14.9. The fraction of sp³-hybridized carbons (Fsp3) is 0.500. The Kier molecular flexibility index (Phi) is 10.9. The van der Waals surface area contributed by atoms with Crippen molar-refractivity contribution in [3.05, 3.63) is 85.5 Å². The summed E-state index contributed by atoms with van der Waals surface area (Å²) in [5, 5.41) is 9.39. The van der Waals surface area contributed by atoms with E-state index in [9.17, 15) is 19.5 Å². The molecule has 3 heterocycles. The first-order valence-electron chi connectivity index (χ1n) is 17.0. The Morgan fingerprint density at radius 2 is 1.72 bits per heavy atom. The standard InChI is InChI=1S/C38H49N3O6/c1-5-23-39(27-28-15-11-9-12-16-28)36(45)33-38-22-21-37(7-3,47-38)31(32(38)35(44)41(33)25-13-10-14-26-42)34(43)40(24-6-2)29-17-19-30(20-18-29)46-8-4/h5-6,9,11-12,15-20,31-33,42H,1-2,7-8,10,13-14,21-27H2,3-4H3/t31-,32-,33?,37+,38?/m0/s1. The van der Waals surface area contributed by atoms with Crippen LogP contribution < -0.4 is 9.64 Å². The van der Waals surface area contributed by atoms with E-state index in [2.05, 4.69) is 13.2 Å². The van der Waals surface area contributed by atoms with Gasteiger partial charge in [-0.05, 0) is 75.3 Å². The lowest BCUT2D eigenvalue weighted by molar-refractivity contribution is -0.153. The van der Waals surface area contributed by atoms with Crippen molar-refractivity contribution in [1.29, 1.82) is 0 Å². The molecule has 1 N–H and O–H groups in total. The van der Waals surface area contributed by atoms with Gasteiger partial charge in [-0.1, -0.05) is 49.4 Å². The maximum absolute atomic E-state index is 14.8. The van der Waals surface area contributed by atoms with Crippen molar-refractivity contribution in [3.8, 4) is 5.75 Å².